The molecule has 0 heterocycles. The van der Waals surface area contributed by atoms with Crippen LogP contribution < -0.4 is 0 Å². The van der Waals surface area contributed by atoms with Gasteiger partial charge in [-0.2, -0.15) is 0 Å². The smallest absolute Gasteiger partial charge is 0.0283 e. The zero-order chi connectivity index (χ0) is 8.97. The lowest BCUT2D eigenvalue weighted by Crippen LogP contribution is -1.82. The number of rotatable bonds is 3. The number of alkyl halides is 1. The van der Waals surface area contributed by atoms with E-state index in [1.54, 1.807) is 11.8 Å². The molecule has 0 saturated carbocycles. The maximum atomic E-state index is 3.95. The summed E-state index contributed by atoms with van der Waals surface area (Å²) >= 11 is 5.14. The number of hydrogen-bond donors (Lipinski definition) is 0. The molecule has 0 nitrogen and oxygen atoms in total. The van der Waals surface area contributed by atoms with Gasteiger partial charge in [0.25, 0.3) is 0 Å². The van der Waals surface area contributed by atoms with E-state index in [4.69, 9.17) is 0 Å². The second-order valence-corrected chi connectivity index (χ2v) is 3.91. The fourth-order valence-electron chi connectivity index (χ4n) is 0.904. The molecule has 12 heavy (non-hydrogen) atoms. The van der Waals surface area contributed by atoms with Gasteiger partial charge < -0.3 is 0 Å². The molecule has 0 aromatic heterocycles. The number of hydrogen-bond acceptors (Lipinski definition) is 1. The first kappa shape index (κ1) is 9.87. The third kappa shape index (κ3) is 2.39. The Balaban J connectivity index is 2.84. The number of allylic oxidation sites excluding steroid dienone is 1. The summed E-state index contributed by atoms with van der Waals surface area (Å²) in [7, 11) is 0. The quantitative estimate of drug-likeness (QED) is 0.574. The molecule has 0 unspecified atom stereocenters. The van der Waals surface area contributed by atoms with E-state index in [2.05, 4.69) is 53.0 Å². The van der Waals surface area contributed by atoms with Crippen LogP contribution in [0.2, 0.25) is 0 Å². The zero-order valence-electron chi connectivity index (χ0n) is 7.01. The van der Waals surface area contributed by atoms with E-state index in [-0.39, 0.29) is 0 Å². The highest BCUT2D eigenvalue weighted by Gasteiger charge is 1.96. The summed E-state index contributed by atoms with van der Waals surface area (Å²) < 4.78 is 0. The summed E-state index contributed by atoms with van der Waals surface area (Å²) in [4.78, 5) is 1.29. The summed E-state index contributed by atoms with van der Waals surface area (Å²) in [5.74, 6) is 0. The van der Waals surface area contributed by atoms with E-state index in [1.807, 2.05) is 0 Å². The van der Waals surface area contributed by atoms with Crippen molar-refractivity contribution in [2.75, 3.05) is 11.6 Å². The van der Waals surface area contributed by atoms with Crippen molar-refractivity contribution in [2.24, 2.45) is 0 Å². The van der Waals surface area contributed by atoms with E-state index in [9.17, 15) is 0 Å². The Morgan fingerprint density at radius 1 is 1.42 bits per heavy atom. The van der Waals surface area contributed by atoms with Gasteiger partial charge in [-0.25, -0.2) is 0 Å². The largest absolute Gasteiger partial charge is 0.130 e. The van der Waals surface area contributed by atoms with Gasteiger partial charge in [0, 0.05) is 10.2 Å². The van der Waals surface area contributed by atoms with Crippen molar-refractivity contribution in [3.8, 4) is 0 Å². The van der Waals surface area contributed by atoms with E-state index in [0.29, 0.717) is 0 Å². The van der Waals surface area contributed by atoms with Gasteiger partial charge in [-0.05, 0) is 29.5 Å². The van der Waals surface area contributed by atoms with Crippen molar-refractivity contribution in [1.82, 2.24) is 0 Å². The summed E-state index contributed by atoms with van der Waals surface area (Å²) in [5, 5.41) is 0.839. The Bertz CT molecular complexity index is 264. The molecule has 0 N–H and O–H groups in total. The maximum absolute atomic E-state index is 3.95. The van der Waals surface area contributed by atoms with Crippen LogP contribution in [0.1, 0.15) is 5.56 Å². The summed E-state index contributed by atoms with van der Waals surface area (Å²) in [6.45, 7) is 3.95. The average Bonchev–Trinajstić information content (AvgIpc) is 2.17. The first-order valence-electron chi connectivity index (χ1n) is 3.66. The predicted molar refractivity (Wildman–Crippen MR) is 61.1 cm³/mol. The van der Waals surface area contributed by atoms with Crippen molar-refractivity contribution in [2.45, 2.75) is 4.90 Å². The van der Waals surface area contributed by atoms with Crippen LogP contribution in [-0.2, 0) is 0 Å². The fraction of sp³-hybridized carbons (Fsp3) is 0.200. The van der Waals surface area contributed by atoms with Gasteiger partial charge in [0.1, 0.15) is 0 Å². The highest BCUT2D eigenvalue weighted by Crippen LogP contribution is 2.19. The van der Waals surface area contributed by atoms with Crippen LogP contribution in [0.25, 0.3) is 5.57 Å². The van der Waals surface area contributed by atoms with Gasteiger partial charge in [0.05, 0.1) is 0 Å². The van der Waals surface area contributed by atoms with E-state index < -0.39 is 0 Å². The van der Waals surface area contributed by atoms with Crippen molar-refractivity contribution in [1.29, 1.82) is 0 Å². The lowest BCUT2D eigenvalue weighted by molar-refractivity contribution is 1.44. The minimum atomic E-state index is 0.839. The molecular weight excluding hydrogens is 232 g/mol. The van der Waals surface area contributed by atoms with Gasteiger partial charge in [0.2, 0.25) is 0 Å². The second kappa shape index (κ2) is 4.73. The molecule has 0 spiro atoms. The third-order valence-electron chi connectivity index (χ3n) is 1.66. The molecule has 0 aliphatic rings. The first-order chi connectivity index (χ1) is 5.77. The van der Waals surface area contributed by atoms with E-state index in [1.165, 1.54) is 10.5 Å². The lowest BCUT2D eigenvalue weighted by Gasteiger charge is -2.02. The van der Waals surface area contributed by atoms with Crippen molar-refractivity contribution in [3.05, 3.63) is 36.4 Å². The van der Waals surface area contributed by atoms with E-state index >= 15 is 0 Å². The fourth-order valence-corrected chi connectivity index (χ4v) is 1.64. The molecule has 1 rings (SSSR count). The molecule has 0 aliphatic carbocycles. The molecule has 0 saturated heterocycles. The highest BCUT2D eigenvalue weighted by molar-refractivity contribution is 9.09. The molecule has 0 amide bonds. The van der Waals surface area contributed by atoms with Gasteiger partial charge in [-0.1, -0.05) is 34.6 Å². The molecule has 1 aromatic carbocycles. The highest BCUT2D eigenvalue weighted by atomic mass is 79.9. The third-order valence-corrected chi connectivity index (χ3v) is 3.08. The van der Waals surface area contributed by atoms with Crippen LogP contribution in [0.5, 0.6) is 0 Å². The topological polar surface area (TPSA) is 0 Å². The van der Waals surface area contributed by atoms with Gasteiger partial charge >= 0.3 is 0 Å². The van der Waals surface area contributed by atoms with Crippen LogP contribution in [0.15, 0.2) is 35.7 Å². The van der Waals surface area contributed by atoms with Crippen molar-refractivity contribution >= 4 is 33.3 Å². The summed E-state index contributed by atoms with van der Waals surface area (Å²) in [5.41, 5.74) is 2.34. The van der Waals surface area contributed by atoms with Crippen molar-refractivity contribution < 1.29 is 0 Å². The van der Waals surface area contributed by atoms with Gasteiger partial charge in [-0.3, -0.25) is 0 Å². The molecular formula is C10H11BrS. The molecule has 1 aromatic rings. The number of thioether (sulfide) groups is 1. The first-order valence-corrected chi connectivity index (χ1v) is 6.00. The Kier molecular flexibility index (Phi) is 3.89. The monoisotopic (exact) mass is 242 g/mol. The minimum Gasteiger partial charge on any atom is -0.130 e. The Labute approximate surface area is 86.2 Å². The van der Waals surface area contributed by atoms with Gasteiger partial charge in [0.15, 0.2) is 0 Å². The second-order valence-electron chi connectivity index (χ2n) is 2.47. The number of benzene rings is 1. The van der Waals surface area contributed by atoms with Crippen LogP contribution in [0.3, 0.4) is 0 Å². The molecule has 0 atom stereocenters. The van der Waals surface area contributed by atoms with E-state index in [0.717, 1.165) is 10.9 Å². The number of halogens is 1. The lowest BCUT2D eigenvalue weighted by atomic mass is 10.1. The molecule has 2 heteroatoms. The van der Waals surface area contributed by atoms with Crippen LogP contribution in [-0.4, -0.2) is 11.6 Å². The Morgan fingerprint density at radius 3 is 2.42 bits per heavy atom. The molecule has 0 aliphatic heterocycles. The normalized spacial score (nSPS) is 9.83. The average molecular weight is 243 g/mol. The minimum absolute atomic E-state index is 0.839. The predicted octanol–water partition coefficient (Wildman–Crippen LogP) is 3.82. The molecule has 0 radical (unpaired) electrons. The molecule has 0 fully saturated rings. The van der Waals surface area contributed by atoms with Crippen LogP contribution in [0, 0.1) is 0 Å². The summed E-state index contributed by atoms with van der Waals surface area (Å²) in [6, 6.07) is 8.45. The molecule has 64 valence electrons. The van der Waals surface area contributed by atoms with Crippen LogP contribution in [0.4, 0.5) is 0 Å². The SMILES string of the molecule is C=C(CBr)c1ccc(SC)cc1. The molecule has 0 bridgehead atoms. The Hall–Kier alpha value is -0.210. The van der Waals surface area contributed by atoms with Crippen molar-refractivity contribution in [3.63, 3.8) is 0 Å². The zero-order valence-corrected chi connectivity index (χ0v) is 9.41. The maximum Gasteiger partial charge on any atom is 0.0283 e. The van der Waals surface area contributed by atoms with Gasteiger partial charge in [-0.15, -0.1) is 11.8 Å². The van der Waals surface area contributed by atoms with Crippen LogP contribution >= 0.6 is 27.7 Å². The Morgan fingerprint density at radius 2 is 2.00 bits per heavy atom. The summed E-state index contributed by atoms with van der Waals surface area (Å²) in [6.07, 6.45) is 2.08. The standard InChI is InChI=1S/C10H11BrS/c1-8(7-11)9-3-5-10(12-2)6-4-9/h3-6H,1,7H2,2H3.